The van der Waals surface area contributed by atoms with E-state index in [9.17, 15) is 45.9 Å². The number of halogens is 5. The van der Waals surface area contributed by atoms with Crippen molar-refractivity contribution in [3.63, 3.8) is 0 Å². The fourth-order valence-electron chi connectivity index (χ4n) is 5.27. The number of benzene rings is 1. The van der Waals surface area contributed by atoms with Crippen LogP contribution in [0.4, 0.5) is 13.2 Å². The van der Waals surface area contributed by atoms with Gasteiger partial charge in [-0.1, -0.05) is 23.2 Å². The second-order valence-corrected chi connectivity index (χ2v) is 13.2. The maximum atomic E-state index is 13.2. The molecule has 2 heterocycles. The van der Waals surface area contributed by atoms with Gasteiger partial charge in [0, 0.05) is 49.2 Å². The minimum atomic E-state index is -4.96. The third-order valence-corrected chi connectivity index (χ3v) is 9.89. The third kappa shape index (κ3) is 8.96. The number of piperidine rings is 1. The van der Waals surface area contributed by atoms with Crippen molar-refractivity contribution in [2.45, 2.75) is 68.6 Å². The highest BCUT2D eigenvalue weighted by Crippen LogP contribution is 2.30. The first-order valence-electron chi connectivity index (χ1n) is 13.7. The number of aliphatic carboxylic acids is 1. The first-order chi connectivity index (χ1) is 20.0. The van der Waals surface area contributed by atoms with Crippen molar-refractivity contribution >= 4 is 56.9 Å². The third-order valence-electron chi connectivity index (χ3n) is 7.57. The molecule has 43 heavy (non-hydrogen) atoms. The van der Waals surface area contributed by atoms with Gasteiger partial charge in [0.2, 0.25) is 21.8 Å². The molecule has 0 spiro atoms. The van der Waals surface area contributed by atoms with Crippen molar-refractivity contribution in [3.05, 3.63) is 28.2 Å². The molecule has 2 fully saturated rings. The summed E-state index contributed by atoms with van der Waals surface area (Å²) < 4.78 is 65.8. The van der Waals surface area contributed by atoms with Crippen LogP contribution in [0.25, 0.3) is 0 Å². The lowest BCUT2D eigenvalue weighted by atomic mass is 9.95. The fraction of sp³-hybridized carbons (Fsp3) is 0.615. The molecule has 0 aliphatic carbocycles. The molecule has 0 saturated carbocycles. The van der Waals surface area contributed by atoms with Gasteiger partial charge in [0.05, 0.1) is 4.90 Å². The molecule has 3 amide bonds. The summed E-state index contributed by atoms with van der Waals surface area (Å²) in [6.45, 7) is 1.76. The maximum Gasteiger partial charge on any atom is 0.471 e. The van der Waals surface area contributed by atoms with Gasteiger partial charge in [0.1, 0.15) is 12.1 Å². The lowest BCUT2D eigenvalue weighted by molar-refractivity contribution is -0.186. The Balaban J connectivity index is 1.55. The second kappa shape index (κ2) is 14.4. The van der Waals surface area contributed by atoms with Crippen LogP contribution >= 0.6 is 23.2 Å². The maximum absolute atomic E-state index is 13.2. The predicted octanol–water partition coefficient (Wildman–Crippen LogP) is 3.15. The molecule has 2 atom stereocenters. The minimum absolute atomic E-state index is 0.0249. The number of rotatable bonds is 11. The largest absolute Gasteiger partial charge is 0.480 e. The number of carbonyl (C=O) groups excluding carboxylic acids is 3. The number of nitrogens with zero attached hydrogens (tertiary/aromatic N) is 3. The highest BCUT2D eigenvalue weighted by atomic mass is 35.5. The molecule has 0 radical (unpaired) electrons. The molecule has 2 N–H and O–H groups in total. The molecule has 240 valence electrons. The number of carboxylic acid groups (broad SMARTS) is 1. The van der Waals surface area contributed by atoms with Crippen LogP contribution < -0.4 is 5.32 Å². The van der Waals surface area contributed by atoms with Crippen LogP contribution in [0.1, 0.15) is 45.4 Å². The summed E-state index contributed by atoms with van der Waals surface area (Å²) in [7, 11) is -4.18. The van der Waals surface area contributed by atoms with E-state index < -0.39 is 46.1 Å². The Hall–Kier alpha value is -2.62. The predicted molar refractivity (Wildman–Crippen MR) is 150 cm³/mol. The molecular formula is C26H33Cl2F3N4O7S. The van der Waals surface area contributed by atoms with E-state index in [1.54, 1.807) is 0 Å². The molecule has 1 aromatic carbocycles. The van der Waals surface area contributed by atoms with E-state index in [2.05, 4.69) is 5.32 Å². The Morgan fingerprint density at radius 2 is 1.67 bits per heavy atom. The normalized spacial score (nSPS) is 19.2. The average Bonchev–Trinajstić information content (AvgIpc) is 3.44. The summed E-state index contributed by atoms with van der Waals surface area (Å²) in [5.41, 5.74) is 0. The summed E-state index contributed by atoms with van der Waals surface area (Å²) in [6.07, 6.45) is -4.19. The fourth-order valence-corrected chi connectivity index (χ4v) is 7.65. The van der Waals surface area contributed by atoms with E-state index in [0.717, 1.165) is 9.21 Å². The quantitative estimate of drug-likeness (QED) is 0.368. The number of amides is 3. The topological polar surface area (TPSA) is 144 Å². The Morgan fingerprint density at radius 3 is 2.21 bits per heavy atom. The molecule has 2 aliphatic heterocycles. The van der Waals surface area contributed by atoms with Crippen molar-refractivity contribution in [2.24, 2.45) is 5.92 Å². The molecule has 0 aromatic heterocycles. The highest BCUT2D eigenvalue weighted by molar-refractivity contribution is 7.89. The number of carboxylic acids is 1. The lowest BCUT2D eigenvalue weighted by Gasteiger charge is -2.35. The van der Waals surface area contributed by atoms with Crippen LogP contribution in [-0.4, -0.2) is 102 Å². The zero-order chi connectivity index (χ0) is 32.1. The number of hydrogen-bond donors (Lipinski definition) is 2. The van der Waals surface area contributed by atoms with Crippen LogP contribution in [0.15, 0.2) is 23.1 Å². The average molecular weight is 674 g/mol. The van der Waals surface area contributed by atoms with E-state index in [-0.39, 0.29) is 78.8 Å². The van der Waals surface area contributed by atoms with Gasteiger partial charge in [-0.15, -0.1) is 0 Å². The van der Waals surface area contributed by atoms with Gasteiger partial charge >= 0.3 is 18.1 Å². The summed E-state index contributed by atoms with van der Waals surface area (Å²) in [5, 5.41) is 12.2. The summed E-state index contributed by atoms with van der Waals surface area (Å²) in [6, 6.07) is 1.12. The van der Waals surface area contributed by atoms with Crippen LogP contribution in [0, 0.1) is 5.92 Å². The van der Waals surface area contributed by atoms with Crippen molar-refractivity contribution in [2.75, 3.05) is 32.7 Å². The van der Waals surface area contributed by atoms with Gasteiger partial charge in [-0.05, 0) is 63.1 Å². The molecule has 0 unspecified atom stereocenters. The SMILES string of the molecule is CCN(CC1CCN(C(=O)CC[C@H](NC(=O)[C@@H]2CCCN2S(=O)(=O)c2cc(Cl)cc(Cl)c2)C(=O)O)CC1)C(=O)C(F)(F)F. The zero-order valence-corrected chi connectivity index (χ0v) is 25.6. The van der Waals surface area contributed by atoms with Gasteiger partial charge in [0.15, 0.2) is 0 Å². The van der Waals surface area contributed by atoms with Crippen LogP contribution in [0.5, 0.6) is 0 Å². The van der Waals surface area contributed by atoms with Gasteiger partial charge in [-0.25, -0.2) is 13.2 Å². The van der Waals surface area contributed by atoms with Gasteiger partial charge in [0.25, 0.3) is 0 Å². The first-order valence-corrected chi connectivity index (χ1v) is 15.9. The van der Waals surface area contributed by atoms with E-state index in [0.29, 0.717) is 19.3 Å². The molecule has 2 saturated heterocycles. The first kappa shape index (κ1) is 34.9. The lowest BCUT2D eigenvalue weighted by Crippen LogP contribution is -2.51. The van der Waals surface area contributed by atoms with Gasteiger partial charge in [-0.2, -0.15) is 17.5 Å². The van der Waals surface area contributed by atoms with Gasteiger partial charge < -0.3 is 20.2 Å². The van der Waals surface area contributed by atoms with E-state index >= 15 is 0 Å². The Kier molecular flexibility index (Phi) is 11.7. The smallest absolute Gasteiger partial charge is 0.471 e. The summed E-state index contributed by atoms with van der Waals surface area (Å²) in [4.78, 5) is 51.3. The molecule has 17 heteroatoms. The number of likely N-dealkylation sites (tertiary alicyclic amines) is 1. The van der Waals surface area contributed by atoms with Crippen LogP contribution in [0.2, 0.25) is 10.0 Å². The van der Waals surface area contributed by atoms with E-state index in [4.69, 9.17) is 23.2 Å². The molecule has 2 aliphatic rings. The van der Waals surface area contributed by atoms with Gasteiger partial charge in [-0.3, -0.25) is 14.4 Å². The number of nitrogens with one attached hydrogen (secondary N) is 1. The van der Waals surface area contributed by atoms with E-state index in [1.807, 2.05) is 0 Å². The monoisotopic (exact) mass is 672 g/mol. The number of sulfonamides is 1. The van der Waals surface area contributed by atoms with E-state index in [1.165, 1.54) is 30.0 Å². The molecule has 1 aromatic rings. The molecule has 3 rings (SSSR count). The Morgan fingerprint density at radius 1 is 1.07 bits per heavy atom. The number of hydrogen-bond acceptors (Lipinski definition) is 6. The molecule has 0 bridgehead atoms. The summed E-state index contributed by atoms with van der Waals surface area (Å²) >= 11 is 11.9. The van der Waals surface area contributed by atoms with Crippen molar-refractivity contribution < 1.29 is 45.9 Å². The van der Waals surface area contributed by atoms with Crippen molar-refractivity contribution in [1.29, 1.82) is 0 Å². The van der Waals surface area contributed by atoms with Crippen LogP contribution in [0.3, 0.4) is 0 Å². The van der Waals surface area contributed by atoms with Crippen LogP contribution in [-0.2, 0) is 29.2 Å². The highest BCUT2D eigenvalue weighted by Gasteiger charge is 2.43. The number of alkyl halides is 3. The second-order valence-electron chi connectivity index (χ2n) is 10.5. The minimum Gasteiger partial charge on any atom is -0.480 e. The zero-order valence-electron chi connectivity index (χ0n) is 23.3. The standard InChI is InChI=1S/C26H33Cl2F3N4O7S/c1-2-33(25(40)26(29,30)31)15-16-7-10-34(11-8-16)22(36)6-5-20(24(38)39)32-23(37)21-4-3-9-35(21)43(41,42)19-13-17(27)12-18(28)14-19/h12-14,16,20-21H,2-11,15H2,1H3,(H,32,37)(H,38,39)/t20-,21-/m0/s1. The van der Waals surface area contributed by atoms with Crippen molar-refractivity contribution in [1.82, 2.24) is 19.4 Å². The Bertz CT molecular complexity index is 1300. The molecule has 11 nitrogen and oxygen atoms in total. The van der Waals surface area contributed by atoms with Crippen molar-refractivity contribution in [3.8, 4) is 0 Å². The summed E-state index contributed by atoms with van der Waals surface area (Å²) in [5.74, 6) is -4.73. The Labute approximate surface area is 257 Å². The molecular weight excluding hydrogens is 640 g/mol. The number of carbonyl (C=O) groups is 4.